The van der Waals surface area contributed by atoms with E-state index in [1.54, 1.807) is 11.3 Å². The maximum Gasteiger partial charge on any atom is 0.191 e. The van der Waals surface area contributed by atoms with Crippen molar-refractivity contribution in [2.24, 2.45) is 16.6 Å². The van der Waals surface area contributed by atoms with Crippen LogP contribution in [-0.4, -0.2) is 28.9 Å². The van der Waals surface area contributed by atoms with Gasteiger partial charge >= 0.3 is 0 Å². The molecule has 0 bridgehead atoms. The van der Waals surface area contributed by atoms with Crippen molar-refractivity contribution in [3.8, 4) is 0 Å². The minimum Gasteiger partial charge on any atom is -0.370 e. The Labute approximate surface area is 149 Å². The van der Waals surface area contributed by atoms with Gasteiger partial charge in [-0.3, -0.25) is 0 Å². The monoisotopic (exact) mass is 422 g/mol. The van der Waals surface area contributed by atoms with Gasteiger partial charge in [-0.2, -0.15) is 0 Å². The van der Waals surface area contributed by atoms with Gasteiger partial charge in [0.25, 0.3) is 0 Å². The van der Waals surface area contributed by atoms with Gasteiger partial charge in [-0.25, -0.2) is 9.98 Å². The maximum absolute atomic E-state index is 6.12. The Balaban J connectivity index is 0.00000220. The van der Waals surface area contributed by atoms with Crippen molar-refractivity contribution in [1.29, 1.82) is 0 Å². The third-order valence-electron chi connectivity index (χ3n) is 3.78. The van der Waals surface area contributed by atoms with Crippen LogP contribution < -0.4 is 5.73 Å². The lowest BCUT2D eigenvalue weighted by Crippen LogP contribution is -2.43. The summed E-state index contributed by atoms with van der Waals surface area (Å²) in [7, 11) is 0. The van der Waals surface area contributed by atoms with E-state index in [-0.39, 0.29) is 24.0 Å². The smallest absolute Gasteiger partial charge is 0.191 e. The largest absolute Gasteiger partial charge is 0.370 e. The Morgan fingerprint density at radius 2 is 2.24 bits per heavy atom. The number of rotatable bonds is 3. The molecule has 2 N–H and O–H groups in total. The van der Waals surface area contributed by atoms with Gasteiger partial charge in [-0.15, -0.1) is 35.3 Å². The fraction of sp³-hybridized carbons (Fsp3) is 0.733. The first-order valence-corrected chi connectivity index (χ1v) is 8.30. The lowest BCUT2D eigenvalue weighted by atomic mass is 10.0. The zero-order valence-corrected chi connectivity index (χ0v) is 16.6. The van der Waals surface area contributed by atoms with Gasteiger partial charge in [0.05, 0.1) is 12.2 Å². The summed E-state index contributed by atoms with van der Waals surface area (Å²) in [6, 6.07) is 0. The standard InChI is InChI=1S/C15H26N4S.HI/c1-10(2)14-12(4)20-13(18-14)8-17-15(16)19-7-5-6-11(3)9-19;/h10-11H,5-9H2,1-4H3,(H2,16,17);1H. The van der Waals surface area contributed by atoms with Gasteiger partial charge in [0.1, 0.15) is 5.01 Å². The highest BCUT2D eigenvalue weighted by atomic mass is 127. The first kappa shape index (κ1) is 18.7. The first-order valence-electron chi connectivity index (χ1n) is 7.48. The molecule has 1 aliphatic rings. The van der Waals surface area contributed by atoms with Crippen LogP contribution in [0.3, 0.4) is 0 Å². The van der Waals surface area contributed by atoms with Crippen LogP contribution in [0.15, 0.2) is 4.99 Å². The molecule has 1 aliphatic heterocycles. The molecule has 1 atom stereocenters. The molecule has 1 fully saturated rings. The van der Waals surface area contributed by atoms with Crippen molar-refractivity contribution in [1.82, 2.24) is 9.88 Å². The lowest BCUT2D eigenvalue weighted by molar-refractivity contribution is 0.270. The molecule has 1 saturated heterocycles. The van der Waals surface area contributed by atoms with Crippen LogP contribution in [0.25, 0.3) is 0 Å². The number of halogens is 1. The van der Waals surface area contributed by atoms with Crippen molar-refractivity contribution < 1.29 is 0 Å². The number of aryl methyl sites for hydroxylation is 1. The van der Waals surface area contributed by atoms with Gasteiger partial charge in [0.15, 0.2) is 5.96 Å². The molecule has 120 valence electrons. The SMILES string of the molecule is Cc1sc(CN=C(N)N2CCCC(C)C2)nc1C(C)C.I. The summed E-state index contributed by atoms with van der Waals surface area (Å²) in [5, 5.41) is 1.07. The van der Waals surface area contributed by atoms with E-state index in [0.717, 1.165) is 18.1 Å². The second-order valence-electron chi connectivity index (χ2n) is 6.07. The minimum atomic E-state index is 0. The highest BCUT2D eigenvalue weighted by Crippen LogP contribution is 2.24. The average Bonchev–Trinajstić information content (AvgIpc) is 2.77. The molecule has 2 heterocycles. The molecule has 0 radical (unpaired) electrons. The Morgan fingerprint density at radius 1 is 1.52 bits per heavy atom. The van der Waals surface area contributed by atoms with Crippen LogP contribution in [0.1, 0.15) is 55.1 Å². The van der Waals surface area contributed by atoms with E-state index in [1.165, 1.54) is 23.4 Å². The van der Waals surface area contributed by atoms with Crippen molar-refractivity contribution >= 4 is 41.3 Å². The predicted molar refractivity (Wildman–Crippen MR) is 102 cm³/mol. The summed E-state index contributed by atoms with van der Waals surface area (Å²) in [5.41, 5.74) is 7.32. The molecule has 1 unspecified atom stereocenters. The fourth-order valence-electron chi connectivity index (χ4n) is 2.71. The van der Waals surface area contributed by atoms with E-state index in [4.69, 9.17) is 5.73 Å². The van der Waals surface area contributed by atoms with E-state index in [2.05, 4.69) is 42.6 Å². The van der Waals surface area contributed by atoms with Crippen LogP contribution in [0.5, 0.6) is 0 Å². The summed E-state index contributed by atoms with van der Waals surface area (Å²) in [4.78, 5) is 12.7. The minimum absolute atomic E-state index is 0. The Kier molecular flexibility index (Phi) is 7.39. The highest BCUT2D eigenvalue weighted by molar-refractivity contribution is 14.0. The van der Waals surface area contributed by atoms with Gasteiger partial charge in [-0.05, 0) is 31.6 Å². The van der Waals surface area contributed by atoms with Crippen molar-refractivity contribution in [2.45, 2.75) is 53.0 Å². The number of piperidine rings is 1. The molecular formula is C15H27IN4S. The first-order chi connectivity index (χ1) is 9.47. The zero-order valence-electron chi connectivity index (χ0n) is 13.4. The molecule has 0 saturated carbocycles. The quantitative estimate of drug-likeness (QED) is 0.459. The molecule has 0 aromatic carbocycles. The number of nitrogens with two attached hydrogens (primary N) is 1. The third kappa shape index (κ3) is 5.09. The van der Waals surface area contributed by atoms with E-state index < -0.39 is 0 Å². The van der Waals surface area contributed by atoms with Crippen LogP contribution in [-0.2, 0) is 6.54 Å². The summed E-state index contributed by atoms with van der Waals surface area (Å²) in [5.74, 6) is 1.87. The van der Waals surface area contributed by atoms with Gasteiger partial charge in [0.2, 0.25) is 0 Å². The van der Waals surface area contributed by atoms with Gasteiger partial charge < -0.3 is 10.6 Å². The zero-order chi connectivity index (χ0) is 14.7. The van der Waals surface area contributed by atoms with E-state index in [9.17, 15) is 0 Å². The molecule has 4 nitrogen and oxygen atoms in total. The molecule has 1 aromatic rings. The van der Waals surface area contributed by atoms with Crippen LogP contribution in [0.4, 0.5) is 0 Å². The highest BCUT2D eigenvalue weighted by Gasteiger charge is 2.17. The summed E-state index contributed by atoms with van der Waals surface area (Å²) < 4.78 is 0. The number of thiazole rings is 1. The molecule has 0 spiro atoms. The summed E-state index contributed by atoms with van der Waals surface area (Å²) in [6.45, 7) is 11.4. The third-order valence-corrected chi connectivity index (χ3v) is 4.75. The second-order valence-corrected chi connectivity index (χ2v) is 7.36. The second kappa shape index (κ2) is 8.31. The number of hydrogen-bond acceptors (Lipinski definition) is 3. The summed E-state index contributed by atoms with van der Waals surface area (Å²) >= 11 is 1.74. The molecular weight excluding hydrogens is 395 g/mol. The Hall–Kier alpha value is -0.370. The molecule has 1 aromatic heterocycles. The lowest BCUT2D eigenvalue weighted by Gasteiger charge is -2.31. The fourth-order valence-corrected chi connectivity index (χ4v) is 3.73. The maximum atomic E-state index is 6.12. The normalized spacial score (nSPS) is 19.8. The predicted octanol–water partition coefficient (Wildman–Crippen LogP) is 3.74. The summed E-state index contributed by atoms with van der Waals surface area (Å²) in [6.07, 6.45) is 2.51. The van der Waals surface area contributed by atoms with E-state index in [0.29, 0.717) is 24.3 Å². The molecule has 0 aliphatic carbocycles. The van der Waals surface area contributed by atoms with Crippen molar-refractivity contribution in [3.05, 3.63) is 15.6 Å². The molecule has 2 rings (SSSR count). The molecule has 6 heteroatoms. The van der Waals surface area contributed by atoms with Crippen LogP contribution >= 0.6 is 35.3 Å². The topological polar surface area (TPSA) is 54.5 Å². The number of likely N-dealkylation sites (tertiary alicyclic amines) is 1. The number of nitrogens with zero attached hydrogens (tertiary/aromatic N) is 3. The van der Waals surface area contributed by atoms with Gasteiger partial charge in [0, 0.05) is 18.0 Å². The van der Waals surface area contributed by atoms with Crippen LogP contribution in [0, 0.1) is 12.8 Å². The van der Waals surface area contributed by atoms with Crippen molar-refractivity contribution in [2.75, 3.05) is 13.1 Å². The number of aromatic nitrogens is 1. The number of hydrogen-bond donors (Lipinski definition) is 1. The van der Waals surface area contributed by atoms with E-state index >= 15 is 0 Å². The van der Waals surface area contributed by atoms with Crippen LogP contribution in [0.2, 0.25) is 0 Å². The average molecular weight is 422 g/mol. The molecule has 0 amide bonds. The van der Waals surface area contributed by atoms with Crippen molar-refractivity contribution in [3.63, 3.8) is 0 Å². The Bertz CT molecular complexity index is 484. The number of aliphatic imine (C=N–C) groups is 1. The molecule has 21 heavy (non-hydrogen) atoms. The number of guanidine groups is 1. The van der Waals surface area contributed by atoms with Gasteiger partial charge in [-0.1, -0.05) is 20.8 Å². The van der Waals surface area contributed by atoms with E-state index in [1.807, 2.05) is 0 Å². The Morgan fingerprint density at radius 3 is 2.81 bits per heavy atom.